The van der Waals surface area contributed by atoms with Crippen LogP contribution in [0.3, 0.4) is 0 Å². The Hall–Kier alpha value is -0.650. The Bertz CT molecular complexity index is 487. The number of rotatable bonds is 6. The Balaban J connectivity index is 2.89. The molecule has 4 nitrogen and oxygen atoms in total. The van der Waals surface area contributed by atoms with Crippen molar-refractivity contribution < 1.29 is 8.42 Å². The maximum atomic E-state index is 12.1. The van der Waals surface area contributed by atoms with Crippen LogP contribution in [-0.4, -0.2) is 19.4 Å². The van der Waals surface area contributed by atoms with E-state index in [9.17, 15) is 8.42 Å². The van der Waals surface area contributed by atoms with Gasteiger partial charge in [-0.3, -0.25) is 0 Å². The van der Waals surface area contributed by atoms with Crippen molar-refractivity contribution in [2.45, 2.75) is 44.6 Å². The standard InChI is InChI=1S/C12H19ClN2O2S/c1-4-10(5-2)9(3)15-18(16,17)11-6-7-14-12(13)8-11/h6-10,15H,4-5H2,1-3H3. The third-order valence-corrected chi connectivity index (χ3v) is 4.87. The molecule has 1 unspecified atom stereocenters. The van der Waals surface area contributed by atoms with E-state index in [1.807, 2.05) is 6.92 Å². The summed E-state index contributed by atoms with van der Waals surface area (Å²) in [7, 11) is -3.52. The number of nitrogens with zero attached hydrogens (tertiary/aromatic N) is 1. The van der Waals surface area contributed by atoms with Crippen LogP contribution in [0.2, 0.25) is 5.15 Å². The lowest BCUT2D eigenvalue weighted by Gasteiger charge is -2.22. The van der Waals surface area contributed by atoms with E-state index >= 15 is 0 Å². The van der Waals surface area contributed by atoms with Crippen LogP contribution >= 0.6 is 11.6 Å². The quantitative estimate of drug-likeness (QED) is 0.820. The van der Waals surface area contributed by atoms with Gasteiger partial charge in [-0.15, -0.1) is 0 Å². The smallest absolute Gasteiger partial charge is 0.240 e. The first-order valence-electron chi connectivity index (χ1n) is 6.04. The van der Waals surface area contributed by atoms with E-state index in [-0.39, 0.29) is 16.1 Å². The first-order chi connectivity index (χ1) is 8.40. The van der Waals surface area contributed by atoms with Gasteiger partial charge in [0.05, 0.1) is 4.90 Å². The number of hydrogen-bond acceptors (Lipinski definition) is 3. The van der Waals surface area contributed by atoms with E-state index in [2.05, 4.69) is 23.6 Å². The summed E-state index contributed by atoms with van der Waals surface area (Å²) in [5.74, 6) is 0.331. The molecule has 0 saturated heterocycles. The van der Waals surface area contributed by atoms with Gasteiger partial charge >= 0.3 is 0 Å². The monoisotopic (exact) mass is 290 g/mol. The van der Waals surface area contributed by atoms with Crippen molar-refractivity contribution in [1.29, 1.82) is 0 Å². The average molecular weight is 291 g/mol. The van der Waals surface area contributed by atoms with Gasteiger partial charge in [-0.2, -0.15) is 0 Å². The second-order valence-corrected chi connectivity index (χ2v) is 6.40. The van der Waals surface area contributed by atoms with Crippen molar-refractivity contribution in [2.75, 3.05) is 0 Å². The average Bonchev–Trinajstić information content (AvgIpc) is 2.30. The maximum absolute atomic E-state index is 12.1. The van der Waals surface area contributed by atoms with Crippen LogP contribution in [0.15, 0.2) is 23.2 Å². The number of nitrogens with one attached hydrogen (secondary N) is 1. The number of aromatic nitrogens is 1. The molecule has 0 fully saturated rings. The zero-order valence-corrected chi connectivity index (χ0v) is 12.4. The first-order valence-corrected chi connectivity index (χ1v) is 7.90. The van der Waals surface area contributed by atoms with Gasteiger partial charge < -0.3 is 0 Å². The molecule has 1 heterocycles. The van der Waals surface area contributed by atoms with Crippen molar-refractivity contribution in [2.24, 2.45) is 5.92 Å². The predicted molar refractivity (Wildman–Crippen MR) is 73.1 cm³/mol. The molecule has 0 bridgehead atoms. The molecule has 6 heteroatoms. The van der Waals surface area contributed by atoms with Crippen molar-refractivity contribution >= 4 is 21.6 Å². The molecular weight excluding hydrogens is 272 g/mol. The molecule has 0 aliphatic heterocycles. The molecule has 0 aromatic carbocycles. The molecule has 1 rings (SSSR count). The van der Waals surface area contributed by atoms with E-state index in [0.29, 0.717) is 5.92 Å². The van der Waals surface area contributed by atoms with Crippen LogP contribution in [0.25, 0.3) is 0 Å². The topological polar surface area (TPSA) is 59.1 Å². The molecule has 1 aromatic rings. The second kappa shape index (κ2) is 6.50. The van der Waals surface area contributed by atoms with Gasteiger partial charge in [-0.1, -0.05) is 38.3 Å². The number of hydrogen-bond donors (Lipinski definition) is 1. The normalized spacial score (nSPS) is 13.8. The minimum absolute atomic E-state index is 0.100. The van der Waals surface area contributed by atoms with E-state index < -0.39 is 10.0 Å². The highest BCUT2D eigenvalue weighted by molar-refractivity contribution is 7.89. The van der Waals surface area contributed by atoms with Crippen LogP contribution in [0.5, 0.6) is 0 Å². The van der Waals surface area contributed by atoms with Gasteiger partial charge in [0, 0.05) is 12.2 Å². The fourth-order valence-corrected chi connectivity index (χ4v) is 3.52. The van der Waals surface area contributed by atoms with Crippen LogP contribution in [0, 0.1) is 5.92 Å². The molecular formula is C12H19ClN2O2S. The fraction of sp³-hybridized carbons (Fsp3) is 0.583. The van der Waals surface area contributed by atoms with Gasteiger partial charge in [0.25, 0.3) is 0 Å². The minimum atomic E-state index is -3.52. The summed E-state index contributed by atoms with van der Waals surface area (Å²) in [5.41, 5.74) is 0. The summed E-state index contributed by atoms with van der Waals surface area (Å²) in [5, 5.41) is 0.174. The third-order valence-electron chi connectivity index (χ3n) is 3.11. The zero-order chi connectivity index (χ0) is 13.8. The minimum Gasteiger partial charge on any atom is -0.244 e. The highest BCUT2D eigenvalue weighted by atomic mass is 35.5. The lowest BCUT2D eigenvalue weighted by Crippen LogP contribution is -2.37. The molecule has 1 aromatic heterocycles. The lowest BCUT2D eigenvalue weighted by atomic mass is 9.96. The van der Waals surface area contributed by atoms with Crippen LogP contribution in [0.4, 0.5) is 0 Å². The third kappa shape index (κ3) is 3.93. The molecule has 1 atom stereocenters. The number of halogens is 1. The predicted octanol–water partition coefficient (Wildman–Crippen LogP) is 2.84. The van der Waals surface area contributed by atoms with Crippen LogP contribution < -0.4 is 4.72 Å². The summed E-state index contributed by atoms with van der Waals surface area (Å²) < 4.78 is 27.0. The fourth-order valence-electron chi connectivity index (χ4n) is 1.96. The SMILES string of the molecule is CCC(CC)C(C)NS(=O)(=O)c1ccnc(Cl)c1. The summed E-state index contributed by atoms with van der Waals surface area (Å²) in [6.45, 7) is 6.00. The highest BCUT2D eigenvalue weighted by Crippen LogP contribution is 2.17. The highest BCUT2D eigenvalue weighted by Gasteiger charge is 2.22. The van der Waals surface area contributed by atoms with E-state index in [0.717, 1.165) is 12.8 Å². The molecule has 0 aliphatic rings. The second-order valence-electron chi connectivity index (χ2n) is 4.30. The number of sulfonamides is 1. The van der Waals surface area contributed by atoms with E-state index in [1.54, 1.807) is 0 Å². The molecule has 0 aliphatic carbocycles. The Kier molecular flexibility index (Phi) is 5.56. The van der Waals surface area contributed by atoms with Crippen LogP contribution in [-0.2, 0) is 10.0 Å². The molecule has 0 amide bonds. The van der Waals surface area contributed by atoms with Gasteiger partial charge in [-0.05, 0) is 25.0 Å². The lowest BCUT2D eigenvalue weighted by molar-refractivity contribution is 0.390. The molecule has 1 N–H and O–H groups in total. The van der Waals surface area contributed by atoms with E-state index in [4.69, 9.17) is 11.6 Å². The summed E-state index contributed by atoms with van der Waals surface area (Å²) in [4.78, 5) is 3.93. The van der Waals surface area contributed by atoms with Crippen molar-refractivity contribution in [3.8, 4) is 0 Å². The van der Waals surface area contributed by atoms with Gasteiger partial charge in [0.15, 0.2) is 0 Å². The molecule has 102 valence electrons. The molecule has 0 spiro atoms. The number of pyridine rings is 1. The Labute approximate surface area is 114 Å². The van der Waals surface area contributed by atoms with Crippen LogP contribution in [0.1, 0.15) is 33.6 Å². The Morgan fingerprint density at radius 2 is 2.00 bits per heavy atom. The Morgan fingerprint density at radius 1 is 1.39 bits per heavy atom. The summed E-state index contributed by atoms with van der Waals surface area (Å²) in [6, 6.07) is 2.69. The largest absolute Gasteiger partial charge is 0.244 e. The Morgan fingerprint density at radius 3 is 2.50 bits per heavy atom. The van der Waals surface area contributed by atoms with Crippen molar-refractivity contribution in [3.05, 3.63) is 23.5 Å². The molecule has 0 saturated carbocycles. The van der Waals surface area contributed by atoms with Crippen molar-refractivity contribution in [3.63, 3.8) is 0 Å². The van der Waals surface area contributed by atoms with Crippen molar-refractivity contribution in [1.82, 2.24) is 9.71 Å². The summed E-state index contributed by atoms with van der Waals surface area (Å²) >= 11 is 5.70. The maximum Gasteiger partial charge on any atom is 0.240 e. The first kappa shape index (κ1) is 15.4. The van der Waals surface area contributed by atoms with Gasteiger partial charge in [0.2, 0.25) is 10.0 Å². The van der Waals surface area contributed by atoms with Gasteiger partial charge in [-0.25, -0.2) is 18.1 Å². The van der Waals surface area contributed by atoms with E-state index in [1.165, 1.54) is 18.3 Å². The molecule has 18 heavy (non-hydrogen) atoms. The summed E-state index contributed by atoms with van der Waals surface area (Å²) in [6.07, 6.45) is 3.27. The van der Waals surface area contributed by atoms with Gasteiger partial charge in [0.1, 0.15) is 5.15 Å². The molecule has 0 radical (unpaired) electrons. The zero-order valence-electron chi connectivity index (χ0n) is 10.9.